The molecule has 0 fully saturated rings. The lowest BCUT2D eigenvalue weighted by Gasteiger charge is -2.12. The maximum Gasteiger partial charge on any atom is 0.243 e. The van der Waals surface area contributed by atoms with Crippen molar-refractivity contribution < 1.29 is 9.53 Å². The van der Waals surface area contributed by atoms with Gasteiger partial charge < -0.3 is 15.4 Å². The first kappa shape index (κ1) is 17.4. The third-order valence-electron chi connectivity index (χ3n) is 2.90. The molecule has 0 unspecified atom stereocenters. The van der Waals surface area contributed by atoms with Gasteiger partial charge in [0.1, 0.15) is 5.75 Å². The van der Waals surface area contributed by atoms with E-state index in [-0.39, 0.29) is 18.6 Å². The highest BCUT2D eigenvalue weighted by atomic mass is 35.5. The molecule has 0 radical (unpaired) electrons. The van der Waals surface area contributed by atoms with Gasteiger partial charge in [-0.25, -0.2) is 0 Å². The third kappa shape index (κ3) is 5.34. The molecule has 0 saturated heterocycles. The molecule has 2 aromatic carbocycles. The molecule has 4 nitrogen and oxygen atoms in total. The van der Waals surface area contributed by atoms with Crippen molar-refractivity contribution in [3.63, 3.8) is 0 Å². The highest BCUT2D eigenvalue weighted by Crippen LogP contribution is 2.29. The van der Waals surface area contributed by atoms with E-state index in [1.807, 2.05) is 26.0 Å². The predicted octanol–water partition coefficient (Wildman–Crippen LogP) is 4.83. The Kier molecular flexibility index (Phi) is 6.13. The minimum atomic E-state index is -0.196. The Hall–Kier alpha value is -1.91. The molecular weight excluding hydrogens is 335 g/mol. The molecule has 0 saturated carbocycles. The number of hydrogen-bond acceptors (Lipinski definition) is 3. The summed E-state index contributed by atoms with van der Waals surface area (Å²) in [7, 11) is 0. The summed E-state index contributed by atoms with van der Waals surface area (Å²) < 4.78 is 5.55. The summed E-state index contributed by atoms with van der Waals surface area (Å²) in [5.74, 6) is 0.567. The zero-order valence-corrected chi connectivity index (χ0v) is 14.4. The minimum Gasteiger partial charge on any atom is -0.491 e. The number of carbonyl (C=O) groups excluding carboxylic acids is 1. The van der Waals surface area contributed by atoms with E-state index in [0.29, 0.717) is 21.4 Å². The molecule has 2 rings (SSSR count). The van der Waals surface area contributed by atoms with Gasteiger partial charge in [-0.05, 0) is 50.2 Å². The molecule has 0 aliphatic rings. The van der Waals surface area contributed by atoms with Crippen molar-refractivity contribution in [3.05, 3.63) is 52.5 Å². The molecule has 2 aromatic rings. The lowest BCUT2D eigenvalue weighted by atomic mass is 10.3. The second-order valence-electron chi connectivity index (χ2n) is 5.19. The fourth-order valence-electron chi connectivity index (χ4n) is 1.93. The molecule has 1 amide bonds. The van der Waals surface area contributed by atoms with Crippen molar-refractivity contribution in [2.75, 3.05) is 17.2 Å². The van der Waals surface area contributed by atoms with Crippen LogP contribution in [-0.2, 0) is 4.79 Å². The van der Waals surface area contributed by atoms with Crippen LogP contribution in [-0.4, -0.2) is 18.6 Å². The molecule has 0 aliphatic heterocycles. The summed E-state index contributed by atoms with van der Waals surface area (Å²) in [6, 6.07) is 12.4. The van der Waals surface area contributed by atoms with Gasteiger partial charge in [0.05, 0.1) is 28.4 Å². The number of halogens is 2. The summed E-state index contributed by atoms with van der Waals surface area (Å²) in [6.07, 6.45) is 0.111. The van der Waals surface area contributed by atoms with E-state index in [2.05, 4.69) is 10.6 Å². The van der Waals surface area contributed by atoms with Crippen LogP contribution in [0.15, 0.2) is 42.5 Å². The van der Waals surface area contributed by atoms with Gasteiger partial charge in [-0.15, -0.1) is 0 Å². The molecule has 122 valence electrons. The number of anilines is 2. The molecule has 0 bridgehead atoms. The first-order valence-electron chi connectivity index (χ1n) is 7.20. The molecule has 2 N–H and O–H groups in total. The van der Waals surface area contributed by atoms with E-state index in [4.69, 9.17) is 27.9 Å². The highest BCUT2D eigenvalue weighted by Gasteiger charge is 2.08. The summed E-state index contributed by atoms with van der Waals surface area (Å²) in [6.45, 7) is 3.98. The summed E-state index contributed by atoms with van der Waals surface area (Å²) >= 11 is 12.1. The number of rotatable bonds is 6. The van der Waals surface area contributed by atoms with Crippen molar-refractivity contribution in [2.24, 2.45) is 0 Å². The molecule has 0 aliphatic carbocycles. The van der Waals surface area contributed by atoms with E-state index in [1.165, 1.54) is 0 Å². The Morgan fingerprint density at radius 3 is 2.26 bits per heavy atom. The van der Waals surface area contributed by atoms with Crippen LogP contribution in [0.5, 0.6) is 5.75 Å². The lowest BCUT2D eigenvalue weighted by Crippen LogP contribution is -2.22. The van der Waals surface area contributed by atoms with Crippen LogP contribution in [0.2, 0.25) is 10.0 Å². The van der Waals surface area contributed by atoms with E-state index in [0.717, 1.165) is 5.75 Å². The molecule has 0 aromatic heterocycles. The average molecular weight is 353 g/mol. The quantitative estimate of drug-likeness (QED) is 0.782. The number of hydrogen-bond donors (Lipinski definition) is 2. The van der Waals surface area contributed by atoms with Crippen LogP contribution < -0.4 is 15.4 Å². The van der Waals surface area contributed by atoms with E-state index < -0.39 is 0 Å². The molecule has 6 heteroatoms. The zero-order chi connectivity index (χ0) is 16.8. The summed E-state index contributed by atoms with van der Waals surface area (Å²) in [4.78, 5) is 12.0. The van der Waals surface area contributed by atoms with Crippen LogP contribution in [0, 0.1) is 0 Å². The first-order valence-corrected chi connectivity index (χ1v) is 7.96. The SMILES string of the molecule is CC(C)Oc1ccc(NC(=O)CNc2c(Cl)cccc2Cl)cc1. The number of amides is 1. The Balaban J connectivity index is 1.90. The lowest BCUT2D eigenvalue weighted by molar-refractivity contribution is -0.114. The van der Waals surface area contributed by atoms with Crippen LogP contribution >= 0.6 is 23.2 Å². The fraction of sp³-hybridized carbons (Fsp3) is 0.235. The highest BCUT2D eigenvalue weighted by molar-refractivity contribution is 6.39. The number of carbonyl (C=O) groups is 1. The molecule has 0 spiro atoms. The van der Waals surface area contributed by atoms with Gasteiger partial charge in [-0.1, -0.05) is 29.3 Å². The first-order chi connectivity index (χ1) is 11.0. The van der Waals surface area contributed by atoms with Crippen LogP contribution in [0.3, 0.4) is 0 Å². The maximum absolute atomic E-state index is 12.0. The Bertz CT molecular complexity index is 653. The zero-order valence-electron chi connectivity index (χ0n) is 12.9. The van der Waals surface area contributed by atoms with Crippen LogP contribution in [0.1, 0.15) is 13.8 Å². The number of benzene rings is 2. The number of para-hydroxylation sites is 1. The summed E-state index contributed by atoms with van der Waals surface area (Å²) in [5.41, 5.74) is 1.24. The number of nitrogens with one attached hydrogen (secondary N) is 2. The standard InChI is InChI=1S/C17H18Cl2N2O2/c1-11(2)23-13-8-6-12(7-9-13)21-16(22)10-20-17-14(18)4-3-5-15(17)19/h3-9,11,20H,10H2,1-2H3,(H,21,22). The van der Waals surface area contributed by atoms with E-state index in [9.17, 15) is 4.79 Å². The van der Waals surface area contributed by atoms with Crippen LogP contribution in [0.25, 0.3) is 0 Å². The second-order valence-corrected chi connectivity index (χ2v) is 6.00. The van der Waals surface area contributed by atoms with Crippen molar-refractivity contribution in [1.82, 2.24) is 0 Å². The van der Waals surface area contributed by atoms with Crippen molar-refractivity contribution >= 4 is 40.5 Å². The molecular formula is C17H18Cl2N2O2. The predicted molar refractivity (Wildman–Crippen MR) is 95.8 cm³/mol. The Morgan fingerprint density at radius 1 is 1.09 bits per heavy atom. The van der Waals surface area contributed by atoms with Gasteiger partial charge in [-0.3, -0.25) is 4.79 Å². The van der Waals surface area contributed by atoms with Gasteiger partial charge in [0.15, 0.2) is 0 Å². The van der Waals surface area contributed by atoms with Gasteiger partial charge in [0.2, 0.25) is 5.91 Å². The Labute approximate surface area is 145 Å². The van der Waals surface area contributed by atoms with Crippen molar-refractivity contribution in [2.45, 2.75) is 20.0 Å². The smallest absolute Gasteiger partial charge is 0.243 e. The average Bonchev–Trinajstić information content (AvgIpc) is 2.48. The molecule has 0 heterocycles. The Morgan fingerprint density at radius 2 is 1.70 bits per heavy atom. The monoisotopic (exact) mass is 352 g/mol. The maximum atomic E-state index is 12.0. The number of ether oxygens (including phenoxy) is 1. The van der Waals surface area contributed by atoms with Gasteiger partial charge in [0.25, 0.3) is 0 Å². The van der Waals surface area contributed by atoms with Crippen LogP contribution in [0.4, 0.5) is 11.4 Å². The van der Waals surface area contributed by atoms with E-state index >= 15 is 0 Å². The van der Waals surface area contributed by atoms with Crippen molar-refractivity contribution in [3.8, 4) is 5.75 Å². The second kappa shape index (κ2) is 8.09. The summed E-state index contributed by atoms with van der Waals surface area (Å²) in [5, 5.41) is 6.67. The van der Waals surface area contributed by atoms with E-state index in [1.54, 1.807) is 30.3 Å². The van der Waals surface area contributed by atoms with Gasteiger partial charge in [0, 0.05) is 5.69 Å². The minimum absolute atomic E-state index is 0.0632. The largest absolute Gasteiger partial charge is 0.491 e. The van der Waals surface area contributed by atoms with Crippen molar-refractivity contribution in [1.29, 1.82) is 0 Å². The van der Waals surface area contributed by atoms with Gasteiger partial charge in [-0.2, -0.15) is 0 Å². The molecule has 23 heavy (non-hydrogen) atoms. The third-order valence-corrected chi connectivity index (χ3v) is 3.53. The fourth-order valence-corrected chi connectivity index (χ4v) is 2.46. The van der Waals surface area contributed by atoms with Gasteiger partial charge >= 0.3 is 0 Å². The topological polar surface area (TPSA) is 50.4 Å². The normalized spacial score (nSPS) is 10.5. The molecule has 0 atom stereocenters.